The van der Waals surface area contributed by atoms with Crippen molar-refractivity contribution in [2.75, 3.05) is 0 Å². The smallest absolute Gasteiger partial charge is 0.207 e. The van der Waals surface area contributed by atoms with Gasteiger partial charge < -0.3 is 0 Å². The van der Waals surface area contributed by atoms with Gasteiger partial charge in [-0.1, -0.05) is 23.7 Å². The Kier molecular flexibility index (Phi) is 4.79. The lowest BCUT2D eigenvalue weighted by molar-refractivity contribution is -0.137. The zero-order chi connectivity index (χ0) is 15.6. The summed E-state index contributed by atoms with van der Waals surface area (Å²) in [5, 5.41) is -0.358. The van der Waals surface area contributed by atoms with E-state index in [2.05, 4.69) is 0 Å². The minimum Gasteiger partial charge on any atom is -0.207 e. The molecule has 2 rings (SSSR count). The molecule has 0 aliphatic heterocycles. The van der Waals surface area contributed by atoms with Crippen LogP contribution in [-0.4, -0.2) is 0 Å². The fraction of sp³-hybridized carbons (Fsp3) is 0.200. The third kappa shape index (κ3) is 4.11. The molecule has 2 aromatic carbocycles. The molecule has 21 heavy (non-hydrogen) atoms. The summed E-state index contributed by atoms with van der Waals surface area (Å²) in [5.41, 5.74) is -0.321. The number of alkyl halides is 4. The zero-order valence-electron chi connectivity index (χ0n) is 10.6. The van der Waals surface area contributed by atoms with E-state index in [0.717, 1.165) is 17.7 Å². The second-order valence-corrected chi connectivity index (χ2v) is 5.50. The number of rotatable bonds is 3. The van der Waals surface area contributed by atoms with Crippen LogP contribution in [0.1, 0.15) is 22.1 Å². The first kappa shape index (κ1) is 16.1. The van der Waals surface area contributed by atoms with Gasteiger partial charge in [-0.3, -0.25) is 0 Å². The van der Waals surface area contributed by atoms with Crippen LogP contribution in [0.15, 0.2) is 42.5 Å². The quantitative estimate of drug-likeness (QED) is 0.474. The van der Waals surface area contributed by atoms with E-state index in [-0.39, 0.29) is 12.0 Å². The van der Waals surface area contributed by atoms with Gasteiger partial charge >= 0.3 is 6.18 Å². The first-order valence-corrected chi connectivity index (χ1v) is 6.84. The van der Waals surface area contributed by atoms with Gasteiger partial charge in [-0.25, -0.2) is 4.39 Å². The molecule has 0 saturated carbocycles. The Morgan fingerprint density at radius 2 is 1.62 bits per heavy atom. The van der Waals surface area contributed by atoms with Crippen molar-refractivity contribution < 1.29 is 17.6 Å². The van der Waals surface area contributed by atoms with Crippen LogP contribution in [0.25, 0.3) is 0 Å². The third-order valence-electron chi connectivity index (χ3n) is 2.99. The Labute approximate surface area is 129 Å². The summed E-state index contributed by atoms with van der Waals surface area (Å²) in [6, 6.07) is 8.92. The molecule has 6 heteroatoms. The van der Waals surface area contributed by atoms with Gasteiger partial charge in [-0.2, -0.15) is 13.2 Å². The molecule has 0 nitrogen and oxygen atoms in total. The van der Waals surface area contributed by atoms with Gasteiger partial charge in [0.25, 0.3) is 0 Å². The normalized spacial score (nSPS) is 13.2. The van der Waals surface area contributed by atoms with Crippen LogP contribution in [-0.2, 0) is 12.6 Å². The van der Waals surface area contributed by atoms with Crippen molar-refractivity contribution in [3.8, 4) is 0 Å². The molecular formula is C15H10Cl2F4. The average molecular weight is 337 g/mol. The molecule has 0 N–H and O–H groups in total. The lowest BCUT2D eigenvalue weighted by atomic mass is 10.0. The molecule has 0 aromatic heterocycles. The molecule has 0 fully saturated rings. The molecule has 0 radical (unpaired) electrons. The molecule has 1 unspecified atom stereocenters. The Balaban J connectivity index is 2.26. The number of hydrogen-bond donors (Lipinski definition) is 0. The maximum atomic E-state index is 13.7. The van der Waals surface area contributed by atoms with Crippen molar-refractivity contribution in [3.63, 3.8) is 0 Å². The molecular weight excluding hydrogens is 327 g/mol. The summed E-state index contributed by atoms with van der Waals surface area (Å²) in [7, 11) is 0. The van der Waals surface area contributed by atoms with Gasteiger partial charge in [0.05, 0.1) is 10.9 Å². The molecule has 1 atom stereocenters. The van der Waals surface area contributed by atoms with Crippen LogP contribution in [0.3, 0.4) is 0 Å². The van der Waals surface area contributed by atoms with Crippen LogP contribution in [0, 0.1) is 5.82 Å². The van der Waals surface area contributed by atoms with Gasteiger partial charge in [0.15, 0.2) is 0 Å². The fourth-order valence-electron chi connectivity index (χ4n) is 1.90. The van der Waals surface area contributed by atoms with Gasteiger partial charge in [0.2, 0.25) is 0 Å². The SMILES string of the molecule is Fc1ccc(C(F)(F)F)cc1C(Cl)Cc1ccc(Cl)cc1. The molecule has 0 bridgehead atoms. The van der Waals surface area contributed by atoms with E-state index < -0.39 is 22.9 Å². The Bertz CT molecular complexity index is 621. The monoisotopic (exact) mass is 336 g/mol. The van der Waals surface area contributed by atoms with E-state index in [0.29, 0.717) is 11.1 Å². The van der Waals surface area contributed by atoms with Crippen LogP contribution in [0.4, 0.5) is 17.6 Å². The van der Waals surface area contributed by atoms with E-state index >= 15 is 0 Å². The molecule has 0 heterocycles. The highest BCUT2D eigenvalue weighted by Gasteiger charge is 2.31. The molecule has 0 amide bonds. The maximum absolute atomic E-state index is 13.7. The molecule has 0 saturated heterocycles. The Hall–Kier alpha value is -1.26. The van der Waals surface area contributed by atoms with E-state index in [1.54, 1.807) is 24.3 Å². The van der Waals surface area contributed by atoms with Crippen molar-refractivity contribution in [1.29, 1.82) is 0 Å². The van der Waals surface area contributed by atoms with Crippen molar-refractivity contribution in [2.45, 2.75) is 18.0 Å². The highest BCUT2D eigenvalue weighted by Crippen LogP contribution is 2.34. The fourth-order valence-corrected chi connectivity index (χ4v) is 2.37. The molecule has 0 aliphatic carbocycles. The second-order valence-electron chi connectivity index (χ2n) is 4.53. The van der Waals surface area contributed by atoms with E-state index in [4.69, 9.17) is 23.2 Å². The van der Waals surface area contributed by atoms with Crippen molar-refractivity contribution in [3.05, 3.63) is 70.0 Å². The van der Waals surface area contributed by atoms with E-state index in [9.17, 15) is 17.6 Å². The van der Waals surface area contributed by atoms with Crippen LogP contribution in [0.5, 0.6) is 0 Å². The molecule has 2 aromatic rings. The summed E-state index contributed by atoms with van der Waals surface area (Å²) < 4.78 is 51.7. The predicted molar refractivity (Wildman–Crippen MR) is 75.2 cm³/mol. The first-order valence-electron chi connectivity index (χ1n) is 6.02. The van der Waals surface area contributed by atoms with Crippen LogP contribution in [0.2, 0.25) is 5.02 Å². The lowest BCUT2D eigenvalue weighted by Crippen LogP contribution is -2.08. The largest absolute Gasteiger partial charge is 0.416 e. The van der Waals surface area contributed by atoms with Crippen molar-refractivity contribution >= 4 is 23.2 Å². The standard InChI is InChI=1S/C15H10Cl2F4/c16-11-4-1-9(2-5-11)7-13(17)12-8-10(15(19,20)21)3-6-14(12)18/h1-6,8,13H,7H2. The van der Waals surface area contributed by atoms with Gasteiger partial charge in [-0.15, -0.1) is 11.6 Å². The zero-order valence-corrected chi connectivity index (χ0v) is 12.1. The van der Waals surface area contributed by atoms with Crippen molar-refractivity contribution in [2.24, 2.45) is 0 Å². The summed E-state index contributed by atoms with van der Waals surface area (Å²) in [4.78, 5) is 0. The minimum atomic E-state index is -4.53. The van der Waals surface area contributed by atoms with Gasteiger partial charge in [0.1, 0.15) is 5.82 Å². The highest BCUT2D eigenvalue weighted by molar-refractivity contribution is 6.30. The summed E-state index contributed by atoms with van der Waals surface area (Å²) in [5.74, 6) is -0.753. The topological polar surface area (TPSA) is 0 Å². The minimum absolute atomic E-state index is 0.165. The second kappa shape index (κ2) is 6.24. The average Bonchev–Trinajstić information content (AvgIpc) is 2.40. The third-order valence-corrected chi connectivity index (χ3v) is 3.63. The van der Waals surface area contributed by atoms with Gasteiger partial charge in [-0.05, 0) is 42.3 Å². The van der Waals surface area contributed by atoms with Crippen LogP contribution < -0.4 is 0 Å². The first-order chi connectivity index (χ1) is 9.77. The van der Waals surface area contributed by atoms with Gasteiger partial charge in [0, 0.05) is 10.6 Å². The molecule has 0 spiro atoms. The molecule has 0 aliphatic rings. The summed E-state index contributed by atoms with van der Waals surface area (Å²) in [6.45, 7) is 0. The number of halogens is 6. The number of hydrogen-bond acceptors (Lipinski definition) is 0. The van der Waals surface area contributed by atoms with Crippen LogP contribution >= 0.6 is 23.2 Å². The number of benzene rings is 2. The highest BCUT2D eigenvalue weighted by atomic mass is 35.5. The lowest BCUT2D eigenvalue weighted by Gasteiger charge is -2.14. The van der Waals surface area contributed by atoms with E-state index in [1.807, 2.05) is 0 Å². The predicted octanol–water partition coefficient (Wildman–Crippen LogP) is 6.02. The maximum Gasteiger partial charge on any atom is 0.416 e. The van der Waals surface area contributed by atoms with E-state index in [1.165, 1.54) is 0 Å². The summed E-state index contributed by atoms with van der Waals surface area (Å²) in [6.07, 6.45) is -4.32. The van der Waals surface area contributed by atoms with Crippen molar-refractivity contribution in [1.82, 2.24) is 0 Å². The molecule has 112 valence electrons. The summed E-state index contributed by atoms with van der Waals surface area (Å²) >= 11 is 11.8. The Morgan fingerprint density at radius 1 is 1.00 bits per heavy atom. The Morgan fingerprint density at radius 3 is 2.19 bits per heavy atom.